The van der Waals surface area contributed by atoms with Crippen molar-refractivity contribution in [2.45, 2.75) is 19.8 Å². The van der Waals surface area contributed by atoms with Crippen molar-refractivity contribution < 1.29 is 19.1 Å². The highest BCUT2D eigenvalue weighted by atomic mass is 35.5. The van der Waals surface area contributed by atoms with Gasteiger partial charge in [-0.25, -0.2) is 4.79 Å². The van der Waals surface area contributed by atoms with Gasteiger partial charge in [0.1, 0.15) is 5.75 Å². The Morgan fingerprint density at radius 1 is 1.14 bits per heavy atom. The molecule has 0 spiro atoms. The van der Waals surface area contributed by atoms with Crippen LogP contribution in [0.2, 0.25) is 5.02 Å². The van der Waals surface area contributed by atoms with Crippen molar-refractivity contribution in [2.75, 3.05) is 25.0 Å². The summed E-state index contributed by atoms with van der Waals surface area (Å²) in [7, 11) is 0. The maximum Gasteiger partial charge on any atom is 0.409 e. The first-order valence-corrected chi connectivity index (χ1v) is 9.69. The number of rotatable bonds is 5. The predicted octanol–water partition coefficient (Wildman–Crippen LogP) is 4.94. The third-order valence-electron chi connectivity index (χ3n) is 4.56. The van der Waals surface area contributed by atoms with Gasteiger partial charge >= 0.3 is 6.09 Å². The first-order valence-electron chi connectivity index (χ1n) is 9.32. The molecule has 148 valence electrons. The summed E-state index contributed by atoms with van der Waals surface area (Å²) in [6.07, 6.45) is 0.843. The summed E-state index contributed by atoms with van der Waals surface area (Å²) < 4.78 is 10.9. The number of likely N-dealkylation sites (tertiary alicyclic amines) is 1. The Morgan fingerprint density at radius 2 is 1.86 bits per heavy atom. The summed E-state index contributed by atoms with van der Waals surface area (Å²) in [6, 6.07) is 14.4. The maximum absolute atomic E-state index is 12.7. The Balaban J connectivity index is 1.64. The minimum Gasteiger partial charge on any atom is -0.455 e. The number of hydrogen-bond acceptors (Lipinski definition) is 4. The molecule has 1 aliphatic heterocycles. The molecule has 1 fully saturated rings. The van der Waals surface area contributed by atoms with Gasteiger partial charge in [0, 0.05) is 24.0 Å². The molecule has 2 aromatic carbocycles. The highest BCUT2D eigenvalue weighted by molar-refractivity contribution is 6.31. The number of hydrogen-bond donors (Lipinski definition) is 1. The predicted molar refractivity (Wildman–Crippen MR) is 108 cm³/mol. The lowest BCUT2D eigenvalue weighted by atomic mass is 9.96. The van der Waals surface area contributed by atoms with E-state index in [1.807, 2.05) is 30.3 Å². The van der Waals surface area contributed by atoms with Crippen molar-refractivity contribution in [1.29, 1.82) is 0 Å². The molecule has 0 unspecified atom stereocenters. The van der Waals surface area contributed by atoms with Crippen molar-refractivity contribution >= 4 is 29.3 Å². The van der Waals surface area contributed by atoms with Crippen LogP contribution in [0.5, 0.6) is 11.5 Å². The number of nitrogens with one attached hydrogen (secondary N) is 1. The maximum atomic E-state index is 12.7. The Morgan fingerprint density at radius 3 is 2.54 bits per heavy atom. The van der Waals surface area contributed by atoms with Crippen LogP contribution in [0.3, 0.4) is 0 Å². The molecule has 0 aliphatic carbocycles. The number of halogens is 1. The van der Waals surface area contributed by atoms with Crippen LogP contribution in [0, 0.1) is 5.92 Å². The van der Waals surface area contributed by atoms with Crippen LogP contribution in [0.4, 0.5) is 10.5 Å². The minimum absolute atomic E-state index is 0.108. The molecule has 1 saturated heterocycles. The van der Waals surface area contributed by atoms with Crippen LogP contribution >= 0.6 is 11.6 Å². The van der Waals surface area contributed by atoms with Gasteiger partial charge in [0.25, 0.3) is 0 Å². The molecule has 0 radical (unpaired) electrons. The first-order chi connectivity index (χ1) is 13.6. The van der Waals surface area contributed by atoms with E-state index in [2.05, 4.69) is 5.32 Å². The number of carbonyl (C=O) groups excluding carboxylic acids is 2. The molecule has 1 aliphatic rings. The van der Waals surface area contributed by atoms with E-state index >= 15 is 0 Å². The summed E-state index contributed by atoms with van der Waals surface area (Å²) >= 11 is 6.11. The van der Waals surface area contributed by atoms with E-state index in [4.69, 9.17) is 21.1 Å². The molecule has 2 amide bonds. The highest BCUT2D eigenvalue weighted by Gasteiger charge is 2.28. The number of anilines is 1. The van der Waals surface area contributed by atoms with Gasteiger partial charge in [-0.15, -0.1) is 0 Å². The van der Waals surface area contributed by atoms with Crippen LogP contribution in [-0.4, -0.2) is 36.6 Å². The number of para-hydroxylation sites is 1. The monoisotopic (exact) mass is 402 g/mol. The Hall–Kier alpha value is -2.73. The first kappa shape index (κ1) is 20.0. The summed E-state index contributed by atoms with van der Waals surface area (Å²) in [5, 5.41) is 3.43. The van der Waals surface area contributed by atoms with Crippen molar-refractivity contribution in [3.05, 3.63) is 53.6 Å². The number of nitrogens with zero attached hydrogens (tertiary/aromatic N) is 1. The van der Waals surface area contributed by atoms with E-state index in [1.54, 1.807) is 30.0 Å². The normalized spacial score (nSPS) is 14.4. The van der Waals surface area contributed by atoms with Crippen LogP contribution < -0.4 is 10.1 Å². The van der Waals surface area contributed by atoms with E-state index in [9.17, 15) is 9.59 Å². The second kappa shape index (κ2) is 9.46. The quantitative estimate of drug-likeness (QED) is 0.769. The van der Waals surface area contributed by atoms with Gasteiger partial charge in [0.15, 0.2) is 5.75 Å². The highest BCUT2D eigenvalue weighted by Crippen LogP contribution is 2.33. The largest absolute Gasteiger partial charge is 0.455 e. The van der Waals surface area contributed by atoms with E-state index in [1.165, 1.54) is 0 Å². The second-order valence-electron chi connectivity index (χ2n) is 6.51. The van der Waals surface area contributed by atoms with Gasteiger partial charge in [-0.3, -0.25) is 4.79 Å². The average Bonchev–Trinajstić information content (AvgIpc) is 2.71. The van der Waals surface area contributed by atoms with Crippen LogP contribution in [0.25, 0.3) is 0 Å². The minimum atomic E-state index is -0.324. The zero-order chi connectivity index (χ0) is 19.9. The van der Waals surface area contributed by atoms with E-state index in [0.717, 1.165) is 0 Å². The summed E-state index contributed by atoms with van der Waals surface area (Å²) in [6.45, 7) is 3.12. The third kappa shape index (κ3) is 5.16. The molecule has 7 heteroatoms. The standard InChI is InChI=1S/C21H23ClN2O4/c1-2-27-21(26)24-12-10-15(11-13-24)20(25)23-18-14-16(22)8-9-19(18)28-17-6-4-3-5-7-17/h3-9,14-15H,2,10-13H2,1H3,(H,23,25). The van der Waals surface area contributed by atoms with E-state index in [-0.39, 0.29) is 17.9 Å². The molecule has 0 atom stereocenters. The van der Waals surface area contributed by atoms with E-state index < -0.39 is 0 Å². The molecule has 0 bridgehead atoms. The molecular formula is C21H23ClN2O4. The van der Waals surface area contributed by atoms with Gasteiger partial charge in [-0.2, -0.15) is 0 Å². The smallest absolute Gasteiger partial charge is 0.409 e. The topological polar surface area (TPSA) is 67.9 Å². The fourth-order valence-electron chi connectivity index (χ4n) is 3.08. The molecular weight excluding hydrogens is 380 g/mol. The van der Waals surface area contributed by atoms with Gasteiger partial charge in [-0.1, -0.05) is 29.8 Å². The number of ether oxygens (including phenoxy) is 2. The Labute approximate surface area is 169 Å². The van der Waals surface area contributed by atoms with Gasteiger partial charge in [0.05, 0.1) is 12.3 Å². The summed E-state index contributed by atoms with van der Waals surface area (Å²) in [5.74, 6) is 0.897. The van der Waals surface area contributed by atoms with Crippen molar-refractivity contribution in [3.8, 4) is 11.5 Å². The number of benzene rings is 2. The van der Waals surface area contributed by atoms with Gasteiger partial charge in [-0.05, 0) is 50.1 Å². The van der Waals surface area contributed by atoms with Crippen LogP contribution in [0.15, 0.2) is 48.5 Å². The Bertz CT molecular complexity index is 820. The lowest BCUT2D eigenvalue weighted by Crippen LogP contribution is -2.41. The lowest BCUT2D eigenvalue weighted by molar-refractivity contribution is -0.121. The number of piperidine rings is 1. The molecule has 0 aromatic heterocycles. The average molecular weight is 403 g/mol. The van der Waals surface area contributed by atoms with Gasteiger partial charge < -0.3 is 19.7 Å². The SMILES string of the molecule is CCOC(=O)N1CCC(C(=O)Nc2cc(Cl)ccc2Oc2ccccc2)CC1. The zero-order valence-corrected chi connectivity index (χ0v) is 16.4. The summed E-state index contributed by atoms with van der Waals surface area (Å²) in [4.78, 5) is 26.2. The lowest BCUT2D eigenvalue weighted by Gasteiger charge is -2.30. The molecule has 1 N–H and O–H groups in total. The zero-order valence-electron chi connectivity index (χ0n) is 15.7. The second-order valence-corrected chi connectivity index (χ2v) is 6.94. The number of carbonyl (C=O) groups is 2. The van der Waals surface area contributed by atoms with Gasteiger partial charge in [0.2, 0.25) is 5.91 Å². The number of amides is 2. The summed E-state index contributed by atoms with van der Waals surface area (Å²) in [5.41, 5.74) is 0.522. The molecule has 3 rings (SSSR count). The third-order valence-corrected chi connectivity index (χ3v) is 4.80. The molecule has 28 heavy (non-hydrogen) atoms. The van der Waals surface area contributed by atoms with Crippen LogP contribution in [0.1, 0.15) is 19.8 Å². The van der Waals surface area contributed by atoms with Crippen molar-refractivity contribution in [2.24, 2.45) is 5.92 Å². The fraction of sp³-hybridized carbons (Fsp3) is 0.333. The van der Waals surface area contributed by atoms with Crippen molar-refractivity contribution in [3.63, 3.8) is 0 Å². The Kier molecular flexibility index (Phi) is 6.76. The molecule has 2 aromatic rings. The molecule has 6 nitrogen and oxygen atoms in total. The molecule has 1 heterocycles. The van der Waals surface area contributed by atoms with Crippen LogP contribution in [-0.2, 0) is 9.53 Å². The fourth-order valence-corrected chi connectivity index (χ4v) is 3.25. The van der Waals surface area contributed by atoms with Crippen molar-refractivity contribution in [1.82, 2.24) is 4.90 Å². The molecule has 0 saturated carbocycles. The van der Waals surface area contributed by atoms with E-state index in [0.29, 0.717) is 54.7 Å².